The highest BCUT2D eigenvalue weighted by Crippen LogP contribution is 2.54. The summed E-state index contributed by atoms with van der Waals surface area (Å²) in [5, 5.41) is 3.20. The summed E-state index contributed by atoms with van der Waals surface area (Å²) in [5.41, 5.74) is 3.62. The Labute approximate surface area is 128 Å². The lowest BCUT2D eigenvalue weighted by Crippen LogP contribution is -2.22. The van der Waals surface area contributed by atoms with E-state index in [2.05, 4.69) is 51.2 Å². The van der Waals surface area contributed by atoms with Crippen molar-refractivity contribution in [3.05, 3.63) is 29.3 Å². The standard InChI is InChI=1S/C19H27NO/c1-11(2)13-5-6-18(17(10-13)12(3)4)20-19(21)16-8-14-7-15(14)9-16/h5-6,10-12,14-16H,7-9H2,1-4H3,(H,20,21). The maximum atomic E-state index is 12.5. The average molecular weight is 285 g/mol. The SMILES string of the molecule is CC(C)c1ccc(NC(=O)C2CC3CC3C2)c(C(C)C)c1. The molecule has 0 spiro atoms. The zero-order valence-corrected chi connectivity index (χ0v) is 13.6. The van der Waals surface area contributed by atoms with Crippen LogP contribution in [0.2, 0.25) is 0 Å². The number of rotatable bonds is 4. The molecule has 1 amide bonds. The fourth-order valence-corrected chi connectivity index (χ4v) is 3.70. The predicted octanol–water partition coefficient (Wildman–Crippen LogP) is 4.92. The number of carbonyl (C=O) groups is 1. The van der Waals surface area contributed by atoms with Gasteiger partial charge in [-0.15, -0.1) is 0 Å². The van der Waals surface area contributed by atoms with Crippen molar-refractivity contribution >= 4 is 11.6 Å². The molecule has 2 aliphatic rings. The molecule has 114 valence electrons. The van der Waals surface area contributed by atoms with Gasteiger partial charge in [-0.2, -0.15) is 0 Å². The number of hydrogen-bond acceptors (Lipinski definition) is 1. The monoisotopic (exact) mass is 285 g/mol. The van der Waals surface area contributed by atoms with Crippen LogP contribution in [0.5, 0.6) is 0 Å². The molecular weight excluding hydrogens is 258 g/mol. The maximum Gasteiger partial charge on any atom is 0.227 e. The van der Waals surface area contributed by atoms with Gasteiger partial charge in [0.15, 0.2) is 0 Å². The summed E-state index contributed by atoms with van der Waals surface area (Å²) in [4.78, 5) is 12.5. The molecule has 1 aromatic carbocycles. The van der Waals surface area contributed by atoms with Crippen LogP contribution in [0.25, 0.3) is 0 Å². The lowest BCUT2D eigenvalue weighted by molar-refractivity contribution is -0.120. The van der Waals surface area contributed by atoms with E-state index in [-0.39, 0.29) is 11.8 Å². The number of fused-ring (bicyclic) bond motifs is 1. The molecule has 0 radical (unpaired) electrons. The Balaban J connectivity index is 1.75. The third-order valence-electron chi connectivity index (χ3n) is 5.24. The molecule has 2 heteroatoms. The summed E-state index contributed by atoms with van der Waals surface area (Å²) in [7, 11) is 0. The highest BCUT2D eigenvalue weighted by molar-refractivity contribution is 5.93. The van der Waals surface area contributed by atoms with Crippen LogP contribution in [0.3, 0.4) is 0 Å². The topological polar surface area (TPSA) is 29.1 Å². The average Bonchev–Trinajstić information content (AvgIpc) is 3.05. The molecule has 2 nitrogen and oxygen atoms in total. The molecule has 1 aromatic rings. The molecule has 2 atom stereocenters. The summed E-state index contributed by atoms with van der Waals surface area (Å²) in [6.45, 7) is 8.81. The van der Waals surface area contributed by atoms with Gasteiger partial charge in [0.2, 0.25) is 5.91 Å². The normalized spacial score (nSPS) is 27.0. The third kappa shape index (κ3) is 3.00. The van der Waals surface area contributed by atoms with Gasteiger partial charge in [-0.25, -0.2) is 0 Å². The minimum absolute atomic E-state index is 0.237. The zero-order valence-electron chi connectivity index (χ0n) is 13.6. The first-order valence-electron chi connectivity index (χ1n) is 8.40. The molecule has 21 heavy (non-hydrogen) atoms. The van der Waals surface area contributed by atoms with Crippen LogP contribution < -0.4 is 5.32 Å². The third-order valence-corrected chi connectivity index (χ3v) is 5.24. The van der Waals surface area contributed by atoms with Gasteiger partial charge in [0, 0.05) is 11.6 Å². The highest BCUT2D eigenvalue weighted by atomic mass is 16.1. The van der Waals surface area contributed by atoms with Crippen LogP contribution in [0.15, 0.2) is 18.2 Å². The molecule has 0 aliphatic heterocycles. The van der Waals surface area contributed by atoms with Crippen molar-refractivity contribution in [3.8, 4) is 0 Å². The Kier molecular flexibility index (Phi) is 3.81. The Hall–Kier alpha value is -1.31. The van der Waals surface area contributed by atoms with Crippen molar-refractivity contribution in [1.82, 2.24) is 0 Å². The molecule has 0 bridgehead atoms. The van der Waals surface area contributed by atoms with Crippen LogP contribution in [-0.2, 0) is 4.79 Å². The maximum absolute atomic E-state index is 12.5. The molecule has 0 saturated heterocycles. The van der Waals surface area contributed by atoms with Crippen molar-refractivity contribution in [2.45, 2.75) is 58.8 Å². The lowest BCUT2D eigenvalue weighted by atomic mass is 9.93. The van der Waals surface area contributed by atoms with Crippen LogP contribution in [0.4, 0.5) is 5.69 Å². The minimum Gasteiger partial charge on any atom is -0.326 e. The first-order valence-corrected chi connectivity index (χ1v) is 8.40. The first-order chi connectivity index (χ1) is 9.95. The van der Waals surface area contributed by atoms with Crippen molar-refractivity contribution in [1.29, 1.82) is 0 Å². The Bertz CT molecular complexity index is 536. The van der Waals surface area contributed by atoms with Gasteiger partial charge in [0.1, 0.15) is 0 Å². The number of benzene rings is 1. The van der Waals surface area contributed by atoms with Gasteiger partial charge in [0.25, 0.3) is 0 Å². The summed E-state index contributed by atoms with van der Waals surface area (Å²) < 4.78 is 0. The van der Waals surface area contributed by atoms with Gasteiger partial charge >= 0.3 is 0 Å². The predicted molar refractivity (Wildman–Crippen MR) is 87.6 cm³/mol. The largest absolute Gasteiger partial charge is 0.326 e. The fraction of sp³-hybridized carbons (Fsp3) is 0.632. The molecule has 1 N–H and O–H groups in total. The van der Waals surface area contributed by atoms with E-state index < -0.39 is 0 Å². The van der Waals surface area contributed by atoms with Crippen LogP contribution in [-0.4, -0.2) is 5.91 Å². The second-order valence-corrected chi connectivity index (χ2v) is 7.57. The van der Waals surface area contributed by atoms with E-state index in [0.717, 1.165) is 30.4 Å². The van der Waals surface area contributed by atoms with E-state index in [1.807, 2.05) is 0 Å². The van der Waals surface area contributed by atoms with Gasteiger partial charge in [-0.05, 0) is 60.1 Å². The van der Waals surface area contributed by atoms with Gasteiger partial charge < -0.3 is 5.32 Å². The van der Waals surface area contributed by atoms with Gasteiger partial charge in [0.05, 0.1) is 0 Å². The number of nitrogens with one attached hydrogen (secondary N) is 1. The summed E-state index contributed by atoms with van der Waals surface area (Å²) in [6, 6.07) is 6.51. The molecule has 0 heterocycles. The smallest absolute Gasteiger partial charge is 0.227 e. The first kappa shape index (κ1) is 14.6. The second kappa shape index (κ2) is 5.47. The van der Waals surface area contributed by atoms with Crippen molar-refractivity contribution in [3.63, 3.8) is 0 Å². The Morgan fingerprint density at radius 3 is 2.29 bits per heavy atom. The number of anilines is 1. The van der Waals surface area contributed by atoms with Gasteiger partial charge in [-0.3, -0.25) is 4.79 Å². The summed E-state index contributed by atoms with van der Waals surface area (Å²) in [5.74, 6) is 3.15. The van der Waals surface area contributed by atoms with Crippen LogP contribution in [0.1, 0.15) is 69.9 Å². The van der Waals surface area contributed by atoms with E-state index in [1.165, 1.54) is 17.5 Å². The number of amides is 1. The fourth-order valence-electron chi connectivity index (χ4n) is 3.70. The van der Waals surface area contributed by atoms with Crippen LogP contribution >= 0.6 is 0 Å². The quantitative estimate of drug-likeness (QED) is 0.836. The van der Waals surface area contributed by atoms with E-state index in [0.29, 0.717) is 11.8 Å². The van der Waals surface area contributed by atoms with Crippen molar-refractivity contribution in [2.75, 3.05) is 5.32 Å². The minimum atomic E-state index is 0.237. The molecule has 2 aliphatic carbocycles. The lowest BCUT2D eigenvalue weighted by Gasteiger charge is -2.19. The highest BCUT2D eigenvalue weighted by Gasteiger charge is 2.48. The molecule has 0 aromatic heterocycles. The molecule has 2 unspecified atom stereocenters. The Morgan fingerprint density at radius 1 is 1.05 bits per heavy atom. The van der Waals surface area contributed by atoms with E-state index in [4.69, 9.17) is 0 Å². The number of hydrogen-bond donors (Lipinski definition) is 1. The van der Waals surface area contributed by atoms with E-state index >= 15 is 0 Å². The van der Waals surface area contributed by atoms with Gasteiger partial charge in [-0.1, -0.05) is 39.8 Å². The summed E-state index contributed by atoms with van der Waals surface area (Å²) in [6.07, 6.45) is 3.58. The summed E-state index contributed by atoms with van der Waals surface area (Å²) >= 11 is 0. The van der Waals surface area contributed by atoms with Crippen molar-refractivity contribution < 1.29 is 4.79 Å². The van der Waals surface area contributed by atoms with Crippen molar-refractivity contribution in [2.24, 2.45) is 17.8 Å². The molecule has 3 rings (SSSR count). The van der Waals surface area contributed by atoms with Crippen LogP contribution in [0, 0.1) is 17.8 Å². The molecule has 2 saturated carbocycles. The molecule has 2 fully saturated rings. The molecular formula is C19H27NO. The van der Waals surface area contributed by atoms with E-state index in [9.17, 15) is 4.79 Å². The number of carbonyl (C=O) groups excluding carboxylic acids is 1. The zero-order chi connectivity index (χ0) is 15.1. The Morgan fingerprint density at radius 2 is 1.71 bits per heavy atom. The second-order valence-electron chi connectivity index (χ2n) is 7.57. The van der Waals surface area contributed by atoms with E-state index in [1.54, 1.807) is 0 Å².